The number of oxazole rings is 1. The Bertz CT molecular complexity index is 1040. The van der Waals surface area contributed by atoms with E-state index in [1.54, 1.807) is 11.9 Å². The molecule has 1 unspecified atom stereocenters. The average Bonchev–Trinajstić information content (AvgIpc) is 3.39. The molecule has 0 N–H and O–H groups in total. The van der Waals surface area contributed by atoms with Gasteiger partial charge in [0.1, 0.15) is 18.1 Å². The van der Waals surface area contributed by atoms with E-state index in [-0.39, 0.29) is 12.0 Å². The minimum absolute atomic E-state index is 0.0314. The molecule has 1 atom stereocenters. The SMILES string of the molecule is CN(CC1Cc2ccccc2O1)C(=O)c1coc(CN2CCc3ccccc3C2)n1. The largest absolute Gasteiger partial charge is 0.488 e. The second kappa shape index (κ2) is 7.95. The van der Waals surface area contributed by atoms with Crippen LogP contribution in [-0.4, -0.2) is 46.9 Å². The molecule has 30 heavy (non-hydrogen) atoms. The topological polar surface area (TPSA) is 58.8 Å². The Morgan fingerprint density at radius 1 is 1.13 bits per heavy atom. The number of carbonyl (C=O) groups is 1. The quantitative estimate of drug-likeness (QED) is 0.654. The number of para-hydroxylation sites is 1. The van der Waals surface area contributed by atoms with Gasteiger partial charge in [-0.05, 0) is 29.2 Å². The third kappa shape index (κ3) is 3.83. The van der Waals surface area contributed by atoms with Crippen molar-refractivity contribution in [3.05, 3.63) is 83.1 Å². The third-order valence-electron chi connectivity index (χ3n) is 5.88. The second-order valence-electron chi connectivity index (χ2n) is 8.09. The van der Waals surface area contributed by atoms with Gasteiger partial charge < -0.3 is 14.1 Å². The summed E-state index contributed by atoms with van der Waals surface area (Å²) in [6.07, 6.45) is 3.27. The highest BCUT2D eigenvalue weighted by Gasteiger charge is 2.27. The van der Waals surface area contributed by atoms with Gasteiger partial charge in [-0.15, -0.1) is 0 Å². The van der Waals surface area contributed by atoms with E-state index in [2.05, 4.69) is 40.2 Å². The first kappa shape index (κ1) is 18.9. The minimum Gasteiger partial charge on any atom is -0.488 e. The maximum atomic E-state index is 12.8. The zero-order chi connectivity index (χ0) is 20.5. The van der Waals surface area contributed by atoms with Crippen molar-refractivity contribution in [3.63, 3.8) is 0 Å². The molecule has 0 aliphatic carbocycles. The second-order valence-corrected chi connectivity index (χ2v) is 8.09. The van der Waals surface area contributed by atoms with Gasteiger partial charge in [-0.2, -0.15) is 0 Å². The van der Waals surface area contributed by atoms with Crippen LogP contribution in [-0.2, 0) is 25.9 Å². The zero-order valence-corrected chi connectivity index (χ0v) is 17.1. The molecule has 0 fully saturated rings. The van der Waals surface area contributed by atoms with Crippen LogP contribution in [0.3, 0.4) is 0 Å². The zero-order valence-electron chi connectivity index (χ0n) is 17.1. The standard InChI is InChI=1S/C24H25N3O3/c1-26(14-20-12-18-7-4-5-9-22(18)30-20)24(28)21-16-29-23(25-21)15-27-11-10-17-6-2-3-8-19(17)13-27/h2-9,16,20H,10-15H2,1H3. The number of amides is 1. The number of aromatic nitrogens is 1. The molecule has 0 radical (unpaired) electrons. The fourth-order valence-corrected chi connectivity index (χ4v) is 4.30. The van der Waals surface area contributed by atoms with Crippen molar-refractivity contribution in [3.8, 4) is 5.75 Å². The summed E-state index contributed by atoms with van der Waals surface area (Å²) in [7, 11) is 1.78. The maximum absolute atomic E-state index is 12.8. The number of fused-ring (bicyclic) bond motifs is 2. The predicted octanol–water partition coefficient (Wildman–Crippen LogP) is 3.31. The fourth-order valence-electron chi connectivity index (χ4n) is 4.30. The molecule has 0 saturated carbocycles. The molecule has 6 nitrogen and oxygen atoms in total. The van der Waals surface area contributed by atoms with Gasteiger partial charge >= 0.3 is 0 Å². The summed E-state index contributed by atoms with van der Waals surface area (Å²) in [5.74, 6) is 1.35. The number of rotatable bonds is 5. The van der Waals surface area contributed by atoms with E-state index in [9.17, 15) is 4.79 Å². The lowest BCUT2D eigenvalue weighted by molar-refractivity contribution is 0.0724. The van der Waals surface area contributed by atoms with Crippen molar-refractivity contribution in [1.29, 1.82) is 0 Å². The lowest BCUT2D eigenvalue weighted by Gasteiger charge is -2.27. The van der Waals surface area contributed by atoms with Crippen LogP contribution in [0.15, 0.2) is 59.2 Å². The van der Waals surface area contributed by atoms with E-state index in [0.29, 0.717) is 24.7 Å². The molecule has 5 rings (SSSR count). The highest BCUT2D eigenvalue weighted by molar-refractivity contribution is 5.91. The van der Waals surface area contributed by atoms with Crippen molar-refractivity contribution >= 4 is 5.91 Å². The van der Waals surface area contributed by atoms with Crippen LogP contribution >= 0.6 is 0 Å². The molecule has 1 aromatic heterocycles. The molecule has 2 aliphatic heterocycles. The molecular formula is C24H25N3O3. The number of hydrogen-bond acceptors (Lipinski definition) is 5. The van der Waals surface area contributed by atoms with Crippen LogP contribution in [0.25, 0.3) is 0 Å². The van der Waals surface area contributed by atoms with Gasteiger partial charge in [-0.1, -0.05) is 42.5 Å². The monoisotopic (exact) mass is 403 g/mol. The predicted molar refractivity (Wildman–Crippen MR) is 112 cm³/mol. The molecule has 3 heterocycles. The lowest BCUT2D eigenvalue weighted by Crippen LogP contribution is -2.36. The third-order valence-corrected chi connectivity index (χ3v) is 5.88. The number of benzene rings is 2. The van der Waals surface area contributed by atoms with Crippen LogP contribution in [0.2, 0.25) is 0 Å². The van der Waals surface area contributed by atoms with E-state index < -0.39 is 0 Å². The van der Waals surface area contributed by atoms with Crippen LogP contribution in [0, 0.1) is 0 Å². The van der Waals surface area contributed by atoms with Gasteiger partial charge in [0.25, 0.3) is 5.91 Å². The molecule has 2 aromatic carbocycles. The molecule has 154 valence electrons. The molecular weight excluding hydrogens is 378 g/mol. The van der Waals surface area contributed by atoms with Crippen LogP contribution in [0.5, 0.6) is 5.75 Å². The summed E-state index contributed by atoms with van der Waals surface area (Å²) in [4.78, 5) is 21.2. The molecule has 6 heteroatoms. The van der Waals surface area contributed by atoms with Crippen LogP contribution in [0.4, 0.5) is 0 Å². The summed E-state index contributed by atoms with van der Waals surface area (Å²) < 4.78 is 11.6. The summed E-state index contributed by atoms with van der Waals surface area (Å²) in [5, 5.41) is 0. The molecule has 1 amide bonds. The van der Waals surface area contributed by atoms with Crippen molar-refractivity contribution in [1.82, 2.24) is 14.8 Å². The summed E-state index contributed by atoms with van der Waals surface area (Å²) in [6.45, 7) is 2.95. The highest BCUT2D eigenvalue weighted by Crippen LogP contribution is 2.28. The smallest absolute Gasteiger partial charge is 0.275 e. The fraction of sp³-hybridized carbons (Fsp3) is 0.333. The van der Waals surface area contributed by atoms with E-state index in [1.807, 2.05) is 18.2 Å². The molecule has 3 aromatic rings. The van der Waals surface area contributed by atoms with Crippen molar-refractivity contribution in [2.45, 2.75) is 32.0 Å². The number of nitrogens with zero attached hydrogens (tertiary/aromatic N) is 3. The first-order valence-electron chi connectivity index (χ1n) is 10.4. The first-order valence-corrected chi connectivity index (χ1v) is 10.4. The van der Waals surface area contributed by atoms with Crippen LogP contribution < -0.4 is 4.74 Å². The normalized spacial score (nSPS) is 17.8. The Kier molecular flexibility index (Phi) is 5.01. The Morgan fingerprint density at radius 2 is 1.90 bits per heavy atom. The Labute approximate surface area is 176 Å². The number of hydrogen-bond donors (Lipinski definition) is 0. The van der Waals surface area contributed by atoms with Gasteiger partial charge in [0.05, 0.1) is 13.1 Å². The number of likely N-dealkylation sites (N-methyl/N-ethyl adjacent to an activating group) is 1. The molecule has 2 aliphatic rings. The Hall–Kier alpha value is -3.12. The van der Waals surface area contributed by atoms with E-state index >= 15 is 0 Å². The first-order chi connectivity index (χ1) is 14.7. The van der Waals surface area contributed by atoms with Gasteiger partial charge in [0.15, 0.2) is 5.69 Å². The highest BCUT2D eigenvalue weighted by atomic mass is 16.5. The summed E-state index contributed by atoms with van der Waals surface area (Å²) in [6, 6.07) is 16.5. The van der Waals surface area contributed by atoms with Gasteiger partial charge in [0.2, 0.25) is 5.89 Å². The molecule has 0 spiro atoms. The molecule has 0 saturated heterocycles. The van der Waals surface area contributed by atoms with E-state index in [4.69, 9.17) is 9.15 Å². The van der Waals surface area contributed by atoms with Crippen molar-refractivity contribution in [2.24, 2.45) is 0 Å². The minimum atomic E-state index is -0.145. The van der Waals surface area contributed by atoms with Crippen molar-refractivity contribution in [2.75, 3.05) is 20.1 Å². The van der Waals surface area contributed by atoms with Crippen molar-refractivity contribution < 1.29 is 13.9 Å². The van der Waals surface area contributed by atoms with Gasteiger partial charge in [-0.3, -0.25) is 9.69 Å². The number of ether oxygens (including phenoxy) is 1. The number of carbonyl (C=O) groups excluding carboxylic acids is 1. The van der Waals surface area contributed by atoms with Gasteiger partial charge in [0, 0.05) is 26.6 Å². The van der Waals surface area contributed by atoms with Crippen LogP contribution in [0.1, 0.15) is 33.1 Å². The maximum Gasteiger partial charge on any atom is 0.275 e. The summed E-state index contributed by atoms with van der Waals surface area (Å²) >= 11 is 0. The van der Waals surface area contributed by atoms with E-state index in [0.717, 1.165) is 31.7 Å². The van der Waals surface area contributed by atoms with E-state index in [1.165, 1.54) is 23.0 Å². The molecule has 0 bridgehead atoms. The average molecular weight is 403 g/mol. The Morgan fingerprint density at radius 3 is 2.73 bits per heavy atom. The lowest BCUT2D eigenvalue weighted by atomic mass is 10.00. The summed E-state index contributed by atoms with van der Waals surface area (Å²) in [5.41, 5.74) is 4.30. The Balaban J connectivity index is 1.18. The van der Waals surface area contributed by atoms with Gasteiger partial charge in [-0.25, -0.2) is 4.98 Å².